The van der Waals surface area contributed by atoms with E-state index in [-0.39, 0.29) is 0 Å². The Balaban J connectivity index is 3.23. The summed E-state index contributed by atoms with van der Waals surface area (Å²) in [5.74, 6) is 0.768. The molecule has 0 bridgehead atoms. The van der Waals surface area contributed by atoms with Crippen LogP contribution in [-0.2, 0) is 0 Å². The number of nitrogens with zero attached hydrogens (tertiary/aromatic N) is 1. The highest BCUT2D eigenvalue weighted by molar-refractivity contribution is 5.45. The fourth-order valence-corrected chi connectivity index (χ4v) is 0.957. The molecule has 0 N–H and O–H groups in total. The second-order valence-electron chi connectivity index (χ2n) is 2.24. The maximum atomic E-state index is 8.63. The molecule has 1 aromatic rings. The van der Waals surface area contributed by atoms with Gasteiger partial charge in [0.15, 0.2) is 0 Å². The monoisotopic (exact) mass is 147 g/mol. The Morgan fingerprint density at radius 3 is 2.73 bits per heavy atom. The van der Waals surface area contributed by atoms with Crippen molar-refractivity contribution in [2.24, 2.45) is 0 Å². The second-order valence-corrected chi connectivity index (χ2v) is 2.24. The van der Waals surface area contributed by atoms with Crippen LogP contribution in [0.4, 0.5) is 0 Å². The molecular weight excluding hydrogens is 138 g/mol. The summed E-state index contributed by atoms with van der Waals surface area (Å²) in [6.45, 7) is 1.87. The lowest BCUT2D eigenvalue weighted by Crippen LogP contribution is -1.89. The lowest BCUT2D eigenvalue weighted by Gasteiger charge is -2.03. The lowest BCUT2D eigenvalue weighted by molar-refractivity contribution is 0.411. The summed E-state index contributed by atoms with van der Waals surface area (Å²) < 4.78 is 5.04. The molecule has 1 rings (SSSR count). The molecule has 0 radical (unpaired) electrons. The zero-order valence-corrected chi connectivity index (χ0v) is 6.59. The third kappa shape index (κ3) is 1.32. The molecule has 56 valence electrons. The van der Waals surface area contributed by atoms with Gasteiger partial charge in [-0.1, -0.05) is 6.07 Å². The summed E-state index contributed by atoms with van der Waals surface area (Å²) in [7, 11) is 1.60. The van der Waals surface area contributed by atoms with Crippen molar-refractivity contribution in [1.82, 2.24) is 0 Å². The van der Waals surface area contributed by atoms with Gasteiger partial charge >= 0.3 is 0 Å². The molecule has 0 saturated carbocycles. The molecule has 0 saturated heterocycles. The highest BCUT2D eigenvalue weighted by Gasteiger charge is 2.01. The second kappa shape index (κ2) is 3.07. The fourth-order valence-electron chi connectivity index (χ4n) is 0.957. The molecule has 1 aromatic carbocycles. The van der Waals surface area contributed by atoms with Crippen LogP contribution in [0.2, 0.25) is 0 Å². The minimum atomic E-state index is 0.671. The number of nitriles is 1. The Morgan fingerprint density at radius 1 is 1.45 bits per heavy atom. The van der Waals surface area contributed by atoms with Crippen molar-refractivity contribution in [1.29, 1.82) is 5.26 Å². The zero-order valence-electron chi connectivity index (χ0n) is 6.59. The molecule has 0 spiro atoms. The predicted molar refractivity (Wildman–Crippen MR) is 42.4 cm³/mol. The Labute approximate surface area is 66.0 Å². The summed E-state index contributed by atoms with van der Waals surface area (Å²) in [5, 5.41) is 8.63. The van der Waals surface area contributed by atoms with Crippen LogP contribution in [0.5, 0.6) is 5.75 Å². The van der Waals surface area contributed by atoms with Crippen LogP contribution in [-0.4, -0.2) is 7.11 Å². The van der Waals surface area contributed by atoms with E-state index >= 15 is 0 Å². The van der Waals surface area contributed by atoms with Crippen LogP contribution in [0.1, 0.15) is 11.1 Å². The average molecular weight is 147 g/mol. The number of methoxy groups -OCH3 is 1. The topological polar surface area (TPSA) is 33.0 Å². The fraction of sp³-hybridized carbons (Fsp3) is 0.222. The number of hydrogen-bond acceptors (Lipinski definition) is 2. The molecule has 2 heteroatoms. The third-order valence-electron chi connectivity index (χ3n) is 1.62. The first-order chi connectivity index (χ1) is 5.29. The van der Waals surface area contributed by atoms with E-state index in [1.165, 1.54) is 0 Å². The molecule has 0 aliphatic heterocycles. The standard InChI is InChI=1S/C9H9NO/c1-7-8(6-10)4-3-5-9(7)11-2/h3-5H,1-2H3. The quantitative estimate of drug-likeness (QED) is 0.607. The molecule has 0 unspecified atom stereocenters. The van der Waals surface area contributed by atoms with Crippen LogP contribution in [0.3, 0.4) is 0 Å². The third-order valence-corrected chi connectivity index (χ3v) is 1.62. The molecule has 0 aliphatic carbocycles. The maximum absolute atomic E-state index is 8.63. The number of rotatable bonds is 1. The number of benzene rings is 1. The molecule has 0 amide bonds. The SMILES string of the molecule is COc1cccc(C#N)c1C. The Kier molecular flexibility index (Phi) is 2.12. The summed E-state index contributed by atoms with van der Waals surface area (Å²) in [5.41, 5.74) is 1.57. The van der Waals surface area contributed by atoms with Crippen LogP contribution >= 0.6 is 0 Å². The molecule has 0 atom stereocenters. The van der Waals surface area contributed by atoms with Gasteiger partial charge in [0.1, 0.15) is 5.75 Å². The summed E-state index contributed by atoms with van der Waals surface area (Å²) >= 11 is 0. The number of ether oxygens (including phenoxy) is 1. The molecular formula is C9H9NO. The van der Waals surface area contributed by atoms with Gasteiger partial charge in [-0.3, -0.25) is 0 Å². The Bertz CT molecular complexity index is 299. The largest absolute Gasteiger partial charge is 0.496 e. The Morgan fingerprint density at radius 2 is 2.18 bits per heavy atom. The van der Waals surface area contributed by atoms with Gasteiger partial charge in [-0.15, -0.1) is 0 Å². The molecule has 0 heterocycles. The molecule has 0 aliphatic rings. The Hall–Kier alpha value is -1.49. The molecule has 11 heavy (non-hydrogen) atoms. The minimum absolute atomic E-state index is 0.671. The van der Waals surface area contributed by atoms with Gasteiger partial charge in [-0.25, -0.2) is 0 Å². The van der Waals surface area contributed by atoms with Crippen molar-refractivity contribution in [3.63, 3.8) is 0 Å². The summed E-state index contributed by atoms with van der Waals surface area (Å²) in [6, 6.07) is 7.52. The van der Waals surface area contributed by atoms with Crippen molar-refractivity contribution in [2.45, 2.75) is 6.92 Å². The van der Waals surface area contributed by atoms with E-state index < -0.39 is 0 Å². The van der Waals surface area contributed by atoms with Gasteiger partial charge in [-0.2, -0.15) is 5.26 Å². The predicted octanol–water partition coefficient (Wildman–Crippen LogP) is 1.88. The van der Waals surface area contributed by atoms with Crippen molar-refractivity contribution >= 4 is 0 Å². The van der Waals surface area contributed by atoms with E-state index in [1.54, 1.807) is 13.2 Å². The first kappa shape index (κ1) is 7.62. The zero-order chi connectivity index (χ0) is 8.27. The van der Waals surface area contributed by atoms with Gasteiger partial charge in [-0.05, 0) is 19.1 Å². The van der Waals surface area contributed by atoms with Crippen molar-refractivity contribution in [2.75, 3.05) is 7.11 Å². The molecule has 2 nitrogen and oxygen atoms in total. The van der Waals surface area contributed by atoms with E-state index in [1.807, 2.05) is 19.1 Å². The minimum Gasteiger partial charge on any atom is -0.496 e. The van der Waals surface area contributed by atoms with Gasteiger partial charge in [0, 0.05) is 5.56 Å². The van der Waals surface area contributed by atoms with Crippen LogP contribution < -0.4 is 4.74 Å². The van der Waals surface area contributed by atoms with Crippen LogP contribution in [0, 0.1) is 18.3 Å². The van der Waals surface area contributed by atoms with E-state index in [0.29, 0.717) is 5.56 Å². The van der Waals surface area contributed by atoms with E-state index in [2.05, 4.69) is 6.07 Å². The number of hydrogen-bond donors (Lipinski definition) is 0. The summed E-state index contributed by atoms with van der Waals surface area (Å²) in [4.78, 5) is 0. The first-order valence-electron chi connectivity index (χ1n) is 3.33. The highest BCUT2D eigenvalue weighted by Crippen LogP contribution is 2.19. The van der Waals surface area contributed by atoms with Crippen molar-refractivity contribution in [3.05, 3.63) is 29.3 Å². The highest BCUT2D eigenvalue weighted by atomic mass is 16.5. The van der Waals surface area contributed by atoms with Crippen LogP contribution in [0.15, 0.2) is 18.2 Å². The van der Waals surface area contributed by atoms with Crippen molar-refractivity contribution in [3.8, 4) is 11.8 Å². The maximum Gasteiger partial charge on any atom is 0.123 e. The first-order valence-corrected chi connectivity index (χ1v) is 3.33. The van der Waals surface area contributed by atoms with E-state index in [4.69, 9.17) is 10.00 Å². The van der Waals surface area contributed by atoms with Crippen molar-refractivity contribution < 1.29 is 4.74 Å². The lowest BCUT2D eigenvalue weighted by atomic mass is 10.1. The molecule has 0 aromatic heterocycles. The van der Waals surface area contributed by atoms with Gasteiger partial charge in [0.2, 0.25) is 0 Å². The smallest absolute Gasteiger partial charge is 0.123 e. The normalized spacial score (nSPS) is 8.82. The average Bonchev–Trinajstić information content (AvgIpc) is 2.05. The van der Waals surface area contributed by atoms with E-state index in [0.717, 1.165) is 11.3 Å². The van der Waals surface area contributed by atoms with E-state index in [9.17, 15) is 0 Å². The van der Waals surface area contributed by atoms with Gasteiger partial charge in [0.05, 0.1) is 18.7 Å². The summed E-state index contributed by atoms with van der Waals surface area (Å²) in [6.07, 6.45) is 0. The van der Waals surface area contributed by atoms with Gasteiger partial charge < -0.3 is 4.74 Å². The molecule has 0 fully saturated rings. The van der Waals surface area contributed by atoms with Gasteiger partial charge in [0.25, 0.3) is 0 Å². The van der Waals surface area contributed by atoms with Crippen LogP contribution in [0.25, 0.3) is 0 Å².